The van der Waals surface area contributed by atoms with Gasteiger partial charge in [0.05, 0.1) is 0 Å². The van der Waals surface area contributed by atoms with E-state index in [0.717, 1.165) is 12.2 Å². The number of carbonyl (C=O) groups is 1. The molecule has 0 saturated carbocycles. The van der Waals surface area contributed by atoms with Crippen LogP contribution in [-0.2, 0) is 0 Å². The maximum absolute atomic E-state index is 11.8. The zero-order valence-corrected chi connectivity index (χ0v) is 12.0. The molecular formula is C15H24N2O. The highest BCUT2D eigenvalue weighted by molar-refractivity contribution is 5.94. The summed E-state index contributed by atoms with van der Waals surface area (Å²) in [6.45, 7) is 11.4. The molecule has 1 amide bonds. The van der Waals surface area contributed by atoms with E-state index in [0.29, 0.717) is 5.56 Å². The monoisotopic (exact) mass is 248 g/mol. The smallest absolute Gasteiger partial charge is 0.251 e. The third-order valence-corrected chi connectivity index (χ3v) is 2.39. The van der Waals surface area contributed by atoms with Crippen LogP contribution in [0.3, 0.4) is 0 Å². The maximum atomic E-state index is 11.8. The fourth-order valence-electron chi connectivity index (χ4n) is 1.45. The van der Waals surface area contributed by atoms with E-state index in [1.807, 2.05) is 38.1 Å². The average Bonchev–Trinajstić information content (AvgIpc) is 2.25. The fourth-order valence-corrected chi connectivity index (χ4v) is 1.45. The normalized spacial score (nSPS) is 11.4. The third-order valence-electron chi connectivity index (χ3n) is 2.39. The summed E-state index contributed by atoms with van der Waals surface area (Å²) < 4.78 is 0. The van der Waals surface area contributed by atoms with E-state index in [1.54, 1.807) is 0 Å². The Morgan fingerprint density at radius 2 is 1.72 bits per heavy atom. The Kier molecular flexibility index (Phi) is 4.76. The summed E-state index contributed by atoms with van der Waals surface area (Å²) in [7, 11) is 0. The van der Waals surface area contributed by atoms with Gasteiger partial charge in [-0.3, -0.25) is 4.79 Å². The van der Waals surface area contributed by atoms with Gasteiger partial charge in [0, 0.05) is 23.8 Å². The zero-order chi connectivity index (χ0) is 13.8. The summed E-state index contributed by atoms with van der Waals surface area (Å²) in [4.78, 5) is 11.8. The number of hydrogen-bond donors (Lipinski definition) is 2. The molecule has 0 saturated heterocycles. The van der Waals surface area contributed by atoms with Crippen molar-refractivity contribution in [3.63, 3.8) is 0 Å². The van der Waals surface area contributed by atoms with E-state index in [4.69, 9.17) is 0 Å². The lowest BCUT2D eigenvalue weighted by Crippen LogP contribution is -2.30. The second kappa shape index (κ2) is 5.89. The van der Waals surface area contributed by atoms with E-state index in [2.05, 4.69) is 31.4 Å². The molecule has 0 aliphatic carbocycles. The van der Waals surface area contributed by atoms with Gasteiger partial charge in [0.15, 0.2) is 0 Å². The molecule has 0 aromatic heterocycles. The van der Waals surface area contributed by atoms with Crippen LogP contribution < -0.4 is 10.6 Å². The van der Waals surface area contributed by atoms with Gasteiger partial charge in [-0.2, -0.15) is 0 Å². The number of rotatable bonds is 4. The molecule has 0 radical (unpaired) electrons. The standard InChI is InChI=1S/C15H24N2O/c1-11(2)17-14(18)12-6-8-13(9-7-12)16-10-15(3,4)5/h6-9,11,16H,10H2,1-5H3,(H,17,18). The van der Waals surface area contributed by atoms with E-state index in [-0.39, 0.29) is 17.4 Å². The van der Waals surface area contributed by atoms with Gasteiger partial charge in [0.25, 0.3) is 5.91 Å². The fraction of sp³-hybridized carbons (Fsp3) is 0.533. The summed E-state index contributed by atoms with van der Waals surface area (Å²) in [6.07, 6.45) is 0. The van der Waals surface area contributed by atoms with Crippen molar-refractivity contribution in [3.8, 4) is 0 Å². The van der Waals surface area contributed by atoms with Gasteiger partial charge in [0.2, 0.25) is 0 Å². The summed E-state index contributed by atoms with van der Waals surface area (Å²) in [6, 6.07) is 7.75. The molecule has 0 bridgehead atoms. The van der Waals surface area contributed by atoms with Crippen LogP contribution in [0.4, 0.5) is 5.69 Å². The molecule has 2 N–H and O–H groups in total. The molecule has 0 fully saturated rings. The Morgan fingerprint density at radius 3 is 2.17 bits per heavy atom. The van der Waals surface area contributed by atoms with E-state index in [9.17, 15) is 4.79 Å². The number of anilines is 1. The van der Waals surface area contributed by atoms with Crippen molar-refractivity contribution in [1.82, 2.24) is 5.32 Å². The van der Waals surface area contributed by atoms with Gasteiger partial charge in [-0.25, -0.2) is 0 Å². The number of benzene rings is 1. The first kappa shape index (κ1) is 14.6. The average molecular weight is 248 g/mol. The molecule has 18 heavy (non-hydrogen) atoms. The van der Waals surface area contributed by atoms with E-state index in [1.165, 1.54) is 0 Å². The first-order valence-corrected chi connectivity index (χ1v) is 6.43. The zero-order valence-electron chi connectivity index (χ0n) is 12.0. The second-order valence-corrected chi connectivity index (χ2v) is 6.12. The molecule has 0 aliphatic heterocycles. The number of carbonyl (C=O) groups excluding carboxylic acids is 1. The first-order chi connectivity index (χ1) is 8.28. The van der Waals surface area contributed by atoms with Crippen molar-refractivity contribution >= 4 is 11.6 Å². The molecule has 3 heteroatoms. The summed E-state index contributed by atoms with van der Waals surface area (Å²) in [5, 5.41) is 6.24. The van der Waals surface area contributed by atoms with Gasteiger partial charge in [-0.05, 0) is 43.5 Å². The Morgan fingerprint density at radius 1 is 1.17 bits per heavy atom. The van der Waals surface area contributed by atoms with Crippen molar-refractivity contribution in [3.05, 3.63) is 29.8 Å². The van der Waals surface area contributed by atoms with Crippen LogP contribution in [0.2, 0.25) is 0 Å². The van der Waals surface area contributed by atoms with E-state index < -0.39 is 0 Å². The molecule has 1 aromatic carbocycles. The molecule has 1 aromatic rings. The summed E-state index contributed by atoms with van der Waals surface area (Å²) in [5.41, 5.74) is 1.99. The van der Waals surface area contributed by atoms with Gasteiger partial charge in [-0.15, -0.1) is 0 Å². The SMILES string of the molecule is CC(C)NC(=O)c1ccc(NCC(C)(C)C)cc1. The van der Waals surface area contributed by atoms with Crippen molar-refractivity contribution in [2.45, 2.75) is 40.7 Å². The van der Waals surface area contributed by atoms with Crippen LogP contribution in [0.15, 0.2) is 24.3 Å². The molecular weight excluding hydrogens is 224 g/mol. The highest BCUT2D eigenvalue weighted by Gasteiger charge is 2.10. The van der Waals surface area contributed by atoms with Crippen molar-refractivity contribution in [2.24, 2.45) is 5.41 Å². The predicted molar refractivity (Wildman–Crippen MR) is 77.0 cm³/mol. The lowest BCUT2D eigenvalue weighted by Gasteiger charge is -2.19. The minimum atomic E-state index is -0.0210. The Bertz CT molecular complexity index is 388. The predicted octanol–water partition coefficient (Wildman–Crippen LogP) is 3.28. The number of hydrogen-bond acceptors (Lipinski definition) is 2. The maximum Gasteiger partial charge on any atom is 0.251 e. The third kappa shape index (κ3) is 5.21. The molecule has 3 nitrogen and oxygen atoms in total. The molecule has 100 valence electrons. The minimum absolute atomic E-state index is 0.0210. The van der Waals surface area contributed by atoms with Crippen LogP contribution in [0.5, 0.6) is 0 Å². The first-order valence-electron chi connectivity index (χ1n) is 6.43. The van der Waals surface area contributed by atoms with Gasteiger partial charge < -0.3 is 10.6 Å². The van der Waals surface area contributed by atoms with Crippen LogP contribution in [0, 0.1) is 5.41 Å². The van der Waals surface area contributed by atoms with Crippen LogP contribution in [0.25, 0.3) is 0 Å². The molecule has 0 heterocycles. The highest BCUT2D eigenvalue weighted by atomic mass is 16.1. The molecule has 0 spiro atoms. The summed E-state index contributed by atoms with van der Waals surface area (Å²) in [5.74, 6) is -0.0210. The second-order valence-electron chi connectivity index (χ2n) is 6.12. The molecule has 1 rings (SSSR count). The number of amides is 1. The minimum Gasteiger partial charge on any atom is -0.385 e. The Hall–Kier alpha value is -1.51. The van der Waals surface area contributed by atoms with E-state index >= 15 is 0 Å². The number of nitrogens with one attached hydrogen (secondary N) is 2. The van der Waals surface area contributed by atoms with Crippen molar-refractivity contribution < 1.29 is 4.79 Å². The topological polar surface area (TPSA) is 41.1 Å². The lowest BCUT2D eigenvalue weighted by atomic mass is 9.97. The summed E-state index contributed by atoms with van der Waals surface area (Å²) >= 11 is 0. The highest BCUT2D eigenvalue weighted by Crippen LogP contribution is 2.16. The van der Waals surface area contributed by atoms with Crippen molar-refractivity contribution in [2.75, 3.05) is 11.9 Å². The Balaban J connectivity index is 2.60. The molecule has 0 atom stereocenters. The van der Waals surface area contributed by atoms with Crippen LogP contribution in [-0.4, -0.2) is 18.5 Å². The largest absolute Gasteiger partial charge is 0.385 e. The quantitative estimate of drug-likeness (QED) is 0.858. The van der Waals surface area contributed by atoms with Gasteiger partial charge in [-0.1, -0.05) is 20.8 Å². The van der Waals surface area contributed by atoms with Gasteiger partial charge >= 0.3 is 0 Å². The molecule has 0 aliphatic rings. The van der Waals surface area contributed by atoms with Crippen molar-refractivity contribution in [1.29, 1.82) is 0 Å². The Labute approximate surface area is 110 Å². The lowest BCUT2D eigenvalue weighted by molar-refractivity contribution is 0.0943. The van der Waals surface area contributed by atoms with Crippen LogP contribution >= 0.6 is 0 Å². The van der Waals surface area contributed by atoms with Gasteiger partial charge in [0.1, 0.15) is 0 Å². The molecule has 0 unspecified atom stereocenters. The van der Waals surface area contributed by atoms with Crippen LogP contribution in [0.1, 0.15) is 45.0 Å².